The van der Waals surface area contributed by atoms with Crippen molar-refractivity contribution in [3.05, 3.63) is 72.2 Å². The second-order valence-corrected chi connectivity index (χ2v) is 6.53. The smallest absolute Gasteiger partial charge is 0.166 e. The molecule has 3 rings (SSSR count). The highest BCUT2D eigenvalue weighted by atomic mass is 32.2. The molecule has 1 aromatic carbocycles. The summed E-state index contributed by atoms with van der Waals surface area (Å²) in [5, 5.41) is 4.01. The number of rotatable bonds is 4. The van der Waals surface area contributed by atoms with Crippen molar-refractivity contribution in [1.29, 1.82) is 0 Å². The minimum absolute atomic E-state index is 0.398. The van der Waals surface area contributed by atoms with Gasteiger partial charge in [-0.2, -0.15) is 0 Å². The minimum Gasteiger partial charge on any atom is -0.338 e. The molecule has 0 atom stereocenters. The second kappa shape index (κ2) is 7.47. The predicted octanol–water partition coefficient (Wildman–Crippen LogP) is 3.56. The molecule has 0 saturated carbocycles. The maximum atomic E-state index is 5.59. The van der Waals surface area contributed by atoms with Crippen LogP contribution in [0.25, 0.3) is 16.8 Å². The maximum absolute atomic E-state index is 5.59. The Bertz CT molecular complexity index is 824. The quantitative estimate of drug-likeness (QED) is 0.896. The van der Waals surface area contributed by atoms with Gasteiger partial charge in [0.1, 0.15) is 0 Å². The standard InChI is InChI=1S/C19H20N4S/c1-13-10-16(6-8-21-13)15-4-3-5-17(11-15)18-7-9-24-19(23-18)22-14(2)12-20/h3-8,10-11H,2,9,12,20H2,1H3,(H,22,23). The van der Waals surface area contributed by atoms with Crippen LogP contribution < -0.4 is 11.1 Å². The number of amidine groups is 1. The average Bonchev–Trinajstić information content (AvgIpc) is 2.62. The summed E-state index contributed by atoms with van der Waals surface area (Å²) in [6, 6.07) is 12.5. The van der Waals surface area contributed by atoms with Crippen LogP contribution in [0.5, 0.6) is 0 Å². The highest BCUT2D eigenvalue weighted by Crippen LogP contribution is 2.27. The Morgan fingerprint density at radius 2 is 2.04 bits per heavy atom. The van der Waals surface area contributed by atoms with Gasteiger partial charge < -0.3 is 11.1 Å². The monoisotopic (exact) mass is 336 g/mol. The molecular formula is C19H20N4S. The van der Waals surface area contributed by atoms with E-state index in [1.54, 1.807) is 11.8 Å². The van der Waals surface area contributed by atoms with E-state index in [0.717, 1.165) is 44.7 Å². The van der Waals surface area contributed by atoms with Gasteiger partial charge in [-0.1, -0.05) is 36.5 Å². The van der Waals surface area contributed by atoms with Crippen LogP contribution in [0.1, 0.15) is 11.3 Å². The number of nitrogens with two attached hydrogens (primary N) is 1. The van der Waals surface area contributed by atoms with E-state index in [2.05, 4.69) is 53.3 Å². The lowest BCUT2D eigenvalue weighted by atomic mass is 10.0. The van der Waals surface area contributed by atoms with E-state index < -0.39 is 0 Å². The van der Waals surface area contributed by atoms with E-state index in [-0.39, 0.29) is 0 Å². The SMILES string of the molecule is C=C(CN)NC1=NC(c2cccc(-c3ccnc(C)c3)c2)=CCS1. The van der Waals surface area contributed by atoms with Gasteiger partial charge in [0.15, 0.2) is 5.17 Å². The Kier molecular flexibility index (Phi) is 5.13. The number of aryl methyl sites for hydroxylation is 1. The fourth-order valence-corrected chi connectivity index (χ4v) is 3.20. The highest BCUT2D eigenvalue weighted by Gasteiger charge is 2.11. The van der Waals surface area contributed by atoms with E-state index in [1.807, 2.05) is 19.2 Å². The highest BCUT2D eigenvalue weighted by molar-refractivity contribution is 8.14. The first-order valence-corrected chi connectivity index (χ1v) is 8.74. The number of thioether (sulfide) groups is 1. The van der Waals surface area contributed by atoms with Crippen molar-refractivity contribution in [1.82, 2.24) is 10.3 Å². The zero-order valence-corrected chi connectivity index (χ0v) is 14.4. The van der Waals surface area contributed by atoms with E-state index in [1.165, 1.54) is 0 Å². The van der Waals surface area contributed by atoms with Crippen molar-refractivity contribution in [3.8, 4) is 11.1 Å². The molecule has 122 valence electrons. The summed E-state index contributed by atoms with van der Waals surface area (Å²) in [6.07, 6.45) is 3.98. The minimum atomic E-state index is 0.398. The Labute approximate surface area is 146 Å². The number of pyridine rings is 1. The van der Waals surface area contributed by atoms with Gasteiger partial charge in [0.05, 0.1) is 5.70 Å². The molecule has 2 aromatic rings. The zero-order chi connectivity index (χ0) is 16.9. The Morgan fingerprint density at radius 3 is 2.83 bits per heavy atom. The third-order valence-corrected chi connectivity index (χ3v) is 4.44. The van der Waals surface area contributed by atoms with Gasteiger partial charge in [-0.15, -0.1) is 0 Å². The Morgan fingerprint density at radius 1 is 1.25 bits per heavy atom. The first-order chi connectivity index (χ1) is 11.7. The van der Waals surface area contributed by atoms with Gasteiger partial charge >= 0.3 is 0 Å². The normalized spacial score (nSPS) is 13.9. The third kappa shape index (κ3) is 3.93. The van der Waals surface area contributed by atoms with Crippen LogP contribution in [0.4, 0.5) is 0 Å². The van der Waals surface area contributed by atoms with Crippen LogP contribution in [0.2, 0.25) is 0 Å². The number of aromatic nitrogens is 1. The summed E-state index contributed by atoms with van der Waals surface area (Å²) in [7, 11) is 0. The molecule has 0 fully saturated rings. The van der Waals surface area contributed by atoms with Crippen molar-refractivity contribution in [2.45, 2.75) is 6.92 Å². The fraction of sp³-hybridized carbons (Fsp3) is 0.158. The van der Waals surface area contributed by atoms with Crippen molar-refractivity contribution >= 4 is 22.6 Å². The molecule has 3 N–H and O–H groups in total. The number of hydrogen-bond donors (Lipinski definition) is 2. The van der Waals surface area contributed by atoms with Gasteiger partial charge in [-0.3, -0.25) is 4.98 Å². The van der Waals surface area contributed by atoms with Crippen LogP contribution >= 0.6 is 11.8 Å². The number of nitrogens with one attached hydrogen (secondary N) is 1. The van der Waals surface area contributed by atoms with Gasteiger partial charge in [0, 0.05) is 35.4 Å². The number of hydrogen-bond acceptors (Lipinski definition) is 5. The summed E-state index contributed by atoms with van der Waals surface area (Å²) >= 11 is 1.65. The van der Waals surface area contributed by atoms with Crippen LogP contribution in [-0.2, 0) is 0 Å². The second-order valence-electron chi connectivity index (χ2n) is 5.52. The fourth-order valence-electron chi connectivity index (χ4n) is 2.42. The number of benzene rings is 1. The molecule has 0 spiro atoms. The van der Waals surface area contributed by atoms with Crippen molar-refractivity contribution < 1.29 is 0 Å². The largest absolute Gasteiger partial charge is 0.338 e. The molecule has 1 aliphatic heterocycles. The molecule has 0 radical (unpaired) electrons. The molecule has 1 aliphatic rings. The molecule has 2 heterocycles. The van der Waals surface area contributed by atoms with Crippen LogP contribution in [-0.4, -0.2) is 22.4 Å². The van der Waals surface area contributed by atoms with Gasteiger partial charge in [-0.05, 0) is 42.3 Å². The van der Waals surface area contributed by atoms with Gasteiger partial charge in [0.25, 0.3) is 0 Å². The average molecular weight is 336 g/mol. The third-order valence-electron chi connectivity index (χ3n) is 3.64. The van der Waals surface area contributed by atoms with Crippen LogP contribution in [0.3, 0.4) is 0 Å². The van der Waals surface area contributed by atoms with Gasteiger partial charge in [-0.25, -0.2) is 4.99 Å². The lowest BCUT2D eigenvalue weighted by molar-refractivity contribution is 1.03. The van der Waals surface area contributed by atoms with Crippen molar-refractivity contribution in [3.63, 3.8) is 0 Å². The first-order valence-electron chi connectivity index (χ1n) is 7.75. The summed E-state index contributed by atoms with van der Waals surface area (Å²) < 4.78 is 0. The molecule has 0 saturated heterocycles. The summed E-state index contributed by atoms with van der Waals surface area (Å²) in [6.45, 7) is 6.27. The molecule has 1 aromatic heterocycles. The topological polar surface area (TPSA) is 63.3 Å². The van der Waals surface area contributed by atoms with Crippen LogP contribution in [0, 0.1) is 6.92 Å². The predicted molar refractivity (Wildman–Crippen MR) is 104 cm³/mol. The maximum Gasteiger partial charge on any atom is 0.166 e. The molecule has 4 nitrogen and oxygen atoms in total. The number of aliphatic imine (C=N–C) groups is 1. The van der Waals surface area contributed by atoms with Crippen molar-refractivity contribution in [2.24, 2.45) is 10.7 Å². The lowest BCUT2D eigenvalue weighted by Gasteiger charge is -2.15. The lowest BCUT2D eigenvalue weighted by Crippen LogP contribution is -2.25. The van der Waals surface area contributed by atoms with E-state index >= 15 is 0 Å². The summed E-state index contributed by atoms with van der Waals surface area (Å²) in [5.74, 6) is 0.873. The molecule has 0 amide bonds. The zero-order valence-electron chi connectivity index (χ0n) is 13.6. The van der Waals surface area contributed by atoms with E-state index in [0.29, 0.717) is 6.54 Å². The van der Waals surface area contributed by atoms with E-state index in [4.69, 9.17) is 10.7 Å². The molecular weight excluding hydrogens is 316 g/mol. The van der Waals surface area contributed by atoms with Crippen LogP contribution in [0.15, 0.2) is 65.9 Å². The molecule has 5 heteroatoms. The number of nitrogens with zero attached hydrogens (tertiary/aromatic N) is 2. The summed E-state index contributed by atoms with van der Waals surface area (Å²) in [5.41, 5.74) is 11.7. The molecule has 0 bridgehead atoms. The first kappa shape index (κ1) is 16.5. The Balaban J connectivity index is 1.89. The Hall–Kier alpha value is -2.37. The molecule has 24 heavy (non-hydrogen) atoms. The molecule has 0 aliphatic carbocycles. The molecule has 0 unspecified atom stereocenters. The van der Waals surface area contributed by atoms with E-state index in [9.17, 15) is 0 Å². The van der Waals surface area contributed by atoms with Gasteiger partial charge in [0.2, 0.25) is 0 Å². The summed E-state index contributed by atoms with van der Waals surface area (Å²) in [4.78, 5) is 8.95. The van der Waals surface area contributed by atoms with Crippen molar-refractivity contribution in [2.75, 3.05) is 12.3 Å².